The predicted octanol–water partition coefficient (Wildman–Crippen LogP) is -0.902. The molecule has 0 saturated heterocycles. The van der Waals surface area contributed by atoms with Crippen LogP contribution in [0.5, 0.6) is 0 Å². The van der Waals surface area contributed by atoms with Gasteiger partial charge in [0, 0.05) is 12.7 Å². The summed E-state index contributed by atoms with van der Waals surface area (Å²) >= 11 is 0. The second kappa shape index (κ2) is 5.67. The molecule has 2 amide bonds. The molecule has 0 spiro atoms. The summed E-state index contributed by atoms with van der Waals surface area (Å²) in [6, 6.07) is 1.32. The van der Waals surface area contributed by atoms with Crippen molar-refractivity contribution in [3.8, 4) is 0 Å². The van der Waals surface area contributed by atoms with Gasteiger partial charge in [-0.25, -0.2) is 9.78 Å². The van der Waals surface area contributed by atoms with Crippen molar-refractivity contribution in [2.45, 2.75) is 32.9 Å². The Bertz CT molecular complexity index is 910. The number of primary amides is 1. The van der Waals surface area contributed by atoms with E-state index in [4.69, 9.17) is 5.73 Å². The molecule has 0 radical (unpaired) electrons. The van der Waals surface area contributed by atoms with Crippen molar-refractivity contribution in [3.63, 3.8) is 0 Å². The molecular formula is C14H17N5O4. The van der Waals surface area contributed by atoms with Gasteiger partial charge in [-0.1, -0.05) is 0 Å². The SMILES string of the molecule is CCn1c(=O)[nH]c(=O)c2cc(C(=O)NC(C)(C)C(N)=O)cnc21. The van der Waals surface area contributed by atoms with E-state index in [2.05, 4.69) is 15.3 Å². The number of amides is 2. The molecule has 0 aromatic carbocycles. The summed E-state index contributed by atoms with van der Waals surface area (Å²) in [6.45, 7) is 4.97. The molecule has 9 heteroatoms. The number of H-pyrrole nitrogens is 1. The topological polar surface area (TPSA) is 140 Å². The highest BCUT2D eigenvalue weighted by Crippen LogP contribution is 2.10. The van der Waals surface area contributed by atoms with Crippen LogP contribution in [0.1, 0.15) is 31.1 Å². The lowest BCUT2D eigenvalue weighted by atomic mass is 10.0. The Hall–Kier alpha value is -2.97. The Morgan fingerprint density at radius 3 is 2.61 bits per heavy atom. The van der Waals surface area contributed by atoms with E-state index in [1.54, 1.807) is 6.92 Å². The summed E-state index contributed by atoms with van der Waals surface area (Å²) in [4.78, 5) is 53.3. The fourth-order valence-corrected chi connectivity index (χ4v) is 2.00. The number of aromatic nitrogens is 3. The Morgan fingerprint density at radius 2 is 2.04 bits per heavy atom. The summed E-state index contributed by atoms with van der Waals surface area (Å²) in [5, 5.41) is 2.57. The van der Waals surface area contributed by atoms with Crippen molar-refractivity contribution in [3.05, 3.63) is 38.7 Å². The summed E-state index contributed by atoms with van der Waals surface area (Å²) in [6.07, 6.45) is 1.24. The maximum Gasteiger partial charge on any atom is 0.329 e. The van der Waals surface area contributed by atoms with Gasteiger partial charge in [0.15, 0.2) is 0 Å². The first kappa shape index (κ1) is 16.4. The molecule has 0 fully saturated rings. The zero-order valence-corrected chi connectivity index (χ0v) is 13.0. The first-order valence-corrected chi connectivity index (χ1v) is 6.92. The smallest absolute Gasteiger partial charge is 0.329 e. The van der Waals surface area contributed by atoms with Gasteiger partial charge in [0.05, 0.1) is 10.9 Å². The number of nitrogens with zero attached hydrogens (tertiary/aromatic N) is 2. The summed E-state index contributed by atoms with van der Waals surface area (Å²) < 4.78 is 1.28. The van der Waals surface area contributed by atoms with E-state index in [1.165, 1.54) is 30.7 Å². The molecule has 2 rings (SSSR count). The number of pyridine rings is 1. The molecule has 4 N–H and O–H groups in total. The Morgan fingerprint density at radius 1 is 1.39 bits per heavy atom. The predicted molar refractivity (Wildman–Crippen MR) is 83.0 cm³/mol. The van der Waals surface area contributed by atoms with Gasteiger partial charge in [-0.3, -0.25) is 23.9 Å². The lowest BCUT2D eigenvalue weighted by molar-refractivity contribution is -0.122. The maximum atomic E-state index is 12.2. The van der Waals surface area contributed by atoms with Crippen molar-refractivity contribution < 1.29 is 9.59 Å². The summed E-state index contributed by atoms with van der Waals surface area (Å²) in [5.74, 6) is -1.30. The number of aryl methyl sites for hydroxylation is 1. The number of nitrogens with two attached hydrogens (primary N) is 1. The second-order valence-electron chi connectivity index (χ2n) is 5.54. The summed E-state index contributed by atoms with van der Waals surface area (Å²) in [5.41, 5.74) is 3.02. The number of fused-ring (bicyclic) bond motifs is 1. The molecule has 0 bridgehead atoms. The van der Waals surface area contributed by atoms with Crippen molar-refractivity contribution in [1.29, 1.82) is 0 Å². The highest BCUT2D eigenvalue weighted by atomic mass is 16.2. The van der Waals surface area contributed by atoms with E-state index >= 15 is 0 Å². The third kappa shape index (κ3) is 2.98. The second-order valence-corrected chi connectivity index (χ2v) is 5.54. The number of rotatable bonds is 4. The number of aromatic amines is 1. The minimum absolute atomic E-state index is 0.0821. The van der Waals surface area contributed by atoms with Crippen LogP contribution in [0.25, 0.3) is 11.0 Å². The largest absolute Gasteiger partial charge is 0.368 e. The van der Waals surface area contributed by atoms with Gasteiger partial charge >= 0.3 is 5.69 Å². The zero-order valence-electron chi connectivity index (χ0n) is 13.0. The number of hydrogen-bond acceptors (Lipinski definition) is 5. The molecule has 0 aliphatic rings. The standard InChI is InChI=1S/C14H17N5O4/c1-4-19-9-8(11(21)17-13(19)23)5-7(6-16-9)10(20)18-14(2,3)12(15)22/h5-6H,4H2,1-3H3,(H2,15,22)(H,18,20)(H,17,21,23). The van der Waals surface area contributed by atoms with Gasteiger partial charge < -0.3 is 11.1 Å². The van der Waals surface area contributed by atoms with Gasteiger partial charge in [0.2, 0.25) is 5.91 Å². The van der Waals surface area contributed by atoms with Gasteiger partial charge in [-0.15, -0.1) is 0 Å². The molecule has 23 heavy (non-hydrogen) atoms. The summed E-state index contributed by atoms with van der Waals surface area (Å²) in [7, 11) is 0. The highest BCUT2D eigenvalue weighted by Gasteiger charge is 2.27. The average molecular weight is 319 g/mol. The van der Waals surface area contributed by atoms with Gasteiger partial charge in [-0.05, 0) is 26.8 Å². The highest BCUT2D eigenvalue weighted by molar-refractivity contribution is 6.00. The number of carbonyl (C=O) groups excluding carboxylic acids is 2. The van der Waals surface area contributed by atoms with Crippen LogP contribution >= 0.6 is 0 Å². The monoisotopic (exact) mass is 319 g/mol. The molecule has 0 atom stereocenters. The van der Waals surface area contributed by atoms with Crippen molar-refractivity contribution in [2.24, 2.45) is 5.73 Å². The van der Waals surface area contributed by atoms with Crippen LogP contribution < -0.4 is 22.3 Å². The lowest BCUT2D eigenvalue weighted by Crippen LogP contribution is -2.53. The Kier molecular flexibility index (Phi) is 4.04. The molecule has 122 valence electrons. The molecule has 0 aliphatic heterocycles. The number of carbonyl (C=O) groups is 2. The average Bonchev–Trinajstić information content (AvgIpc) is 2.46. The quantitative estimate of drug-likeness (QED) is 0.670. The van der Waals surface area contributed by atoms with E-state index in [1.807, 2.05) is 0 Å². The minimum atomic E-state index is -1.25. The van der Waals surface area contributed by atoms with E-state index in [-0.39, 0.29) is 16.6 Å². The van der Waals surface area contributed by atoms with Gasteiger partial charge in [0.1, 0.15) is 11.2 Å². The van der Waals surface area contributed by atoms with Crippen LogP contribution in [0.2, 0.25) is 0 Å². The maximum absolute atomic E-state index is 12.2. The van der Waals surface area contributed by atoms with Gasteiger partial charge in [0.25, 0.3) is 11.5 Å². The van der Waals surface area contributed by atoms with Gasteiger partial charge in [-0.2, -0.15) is 0 Å². The van der Waals surface area contributed by atoms with Crippen molar-refractivity contribution in [2.75, 3.05) is 0 Å². The number of hydrogen-bond donors (Lipinski definition) is 3. The Balaban J connectivity index is 2.53. The van der Waals surface area contributed by atoms with Crippen molar-refractivity contribution >= 4 is 22.8 Å². The zero-order chi connectivity index (χ0) is 17.4. The molecule has 0 unspecified atom stereocenters. The molecular weight excluding hydrogens is 302 g/mol. The molecule has 2 aromatic rings. The molecule has 0 aliphatic carbocycles. The molecule has 2 heterocycles. The van der Waals surface area contributed by atoms with Crippen LogP contribution in [0.4, 0.5) is 0 Å². The lowest BCUT2D eigenvalue weighted by Gasteiger charge is -2.22. The molecule has 2 aromatic heterocycles. The third-order valence-electron chi connectivity index (χ3n) is 3.45. The fourth-order valence-electron chi connectivity index (χ4n) is 2.00. The first-order valence-electron chi connectivity index (χ1n) is 6.92. The molecule has 0 saturated carbocycles. The van der Waals surface area contributed by atoms with Crippen LogP contribution in [0.3, 0.4) is 0 Å². The Labute approximate surface area is 130 Å². The van der Waals surface area contributed by atoms with E-state index in [9.17, 15) is 19.2 Å². The van der Waals surface area contributed by atoms with Crippen LogP contribution in [0.15, 0.2) is 21.9 Å². The van der Waals surface area contributed by atoms with E-state index in [0.29, 0.717) is 6.54 Å². The number of nitrogens with one attached hydrogen (secondary N) is 2. The van der Waals surface area contributed by atoms with E-state index < -0.39 is 28.6 Å². The van der Waals surface area contributed by atoms with Crippen LogP contribution in [0, 0.1) is 0 Å². The molecule has 9 nitrogen and oxygen atoms in total. The third-order valence-corrected chi connectivity index (χ3v) is 3.45. The normalized spacial score (nSPS) is 11.4. The van der Waals surface area contributed by atoms with Crippen LogP contribution in [-0.4, -0.2) is 31.9 Å². The minimum Gasteiger partial charge on any atom is -0.368 e. The van der Waals surface area contributed by atoms with E-state index in [0.717, 1.165) is 0 Å². The van der Waals surface area contributed by atoms with Crippen molar-refractivity contribution in [1.82, 2.24) is 19.9 Å². The van der Waals surface area contributed by atoms with Crippen LogP contribution in [-0.2, 0) is 11.3 Å². The fraction of sp³-hybridized carbons (Fsp3) is 0.357. The first-order chi connectivity index (χ1) is 10.7.